The summed E-state index contributed by atoms with van der Waals surface area (Å²) in [5.74, 6) is 0.546. The molecule has 0 atom stereocenters. The van der Waals surface area contributed by atoms with Crippen molar-refractivity contribution in [2.45, 2.75) is 31.7 Å². The predicted octanol–water partition coefficient (Wildman–Crippen LogP) is 4.90. The lowest BCUT2D eigenvalue weighted by Gasteiger charge is -2.05. The molecule has 7 nitrogen and oxygen atoms in total. The highest BCUT2D eigenvalue weighted by atomic mass is 32.2. The smallest absolute Gasteiger partial charge is 0.322 e. The summed E-state index contributed by atoms with van der Waals surface area (Å²) in [5.41, 5.74) is 3.39. The van der Waals surface area contributed by atoms with Gasteiger partial charge in [-0.1, -0.05) is 60.5 Å². The first-order valence-corrected chi connectivity index (χ1v) is 10.9. The molecule has 0 bridgehead atoms. The minimum atomic E-state index is -0.229. The zero-order valence-electron chi connectivity index (χ0n) is 16.2. The summed E-state index contributed by atoms with van der Waals surface area (Å²) in [4.78, 5) is 22.0. The van der Waals surface area contributed by atoms with Crippen LogP contribution in [0.3, 0.4) is 0 Å². The van der Waals surface area contributed by atoms with E-state index in [2.05, 4.69) is 62.1 Å². The van der Waals surface area contributed by atoms with Crippen LogP contribution in [0.15, 0.2) is 45.4 Å². The number of thioether (sulfide) groups is 1. The van der Waals surface area contributed by atoms with Crippen LogP contribution in [0.1, 0.15) is 31.2 Å². The number of carbonyl (C=O) groups excluding carboxylic acids is 1. The van der Waals surface area contributed by atoms with E-state index >= 15 is 0 Å². The summed E-state index contributed by atoms with van der Waals surface area (Å²) >= 11 is 2.93. The highest BCUT2D eigenvalue weighted by Crippen LogP contribution is 2.37. The molecule has 0 aliphatic carbocycles. The van der Waals surface area contributed by atoms with Gasteiger partial charge >= 0.3 is 6.01 Å². The molecular formula is C20H19N5O2S2. The summed E-state index contributed by atoms with van der Waals surface area (Å²) in [5, 5.41) is 14.2. The maximum atomic E-state index is 12.3. The lowest BCUT2D eigenvalue weighted by molar-refractivity contribution is -0.113. The molecule has 3 heterocycles. The molecular weight excluding hydrogens is 406 g/mol. The van der Waals surface area contributed by atoms with Gasteiger partial charge in [0.15, 0.2) is 0 Å². The van der Waals surface area contributed by atoms with Gasteiger partial charge in [-0.05, 0) is 12.5 Å². The van der Waals surface area contributed by atoms with Crippen LogP contribution in [0.5, 0.6) is 0 Å². The molecule has 0 aliphatic heterocycles. The van der Waals surface area contributed by atoms with E-state index in [4.69, 9.17) is 4.42 Å². The van der Waals surface area contributed by atoms with Crippen molar-refractivity contribution in [1.29, 1.82) is 0 Å². The number of anilines is 1. The first kappa shape index (κ1) is 19.5. The SMILES string of the molecule is Cc1ccc(-c2csc3ncnc(SCC(=O)Nc4nnc(C(C)C)o4)c23)cc1. The maximum absolute atomic E-state index is 12.3. The molecule has 148 valence electrons. The van der Waals surface area contributed by atoms with Crippen LogP contribution in [0, 0.1) is 6.92 Å². The molecule has 29 heavy (non-hydrogen) atoms. The summed E-state index contributed by atoms with van der Waals surface area (Å²) in [7, 11) is 0. The lowest BCUT2D eigenvalue weighted by Crippen LogP contribution is -2.14. The van der Waals surface area contributed by atoms with Crippen LogP contribution < -0.4 is 5.32 Å². The third-order valence-electron chi connectivity index (χ3n) is 4.22. The molecule has 4 aromatic rings. The van der Waals surface area contributed by atoms with Gasteiger partial charge in [-0.15, -0.1) is 16.4 Å². The molecule has 0 unspecified atom stereocenters. The molecule has 0 saturated heterocycles. The number of rotatable bonds is 6. The van der Waals surface area contributed by atoms with Crippen LogP contribution in [-0.2, 0) is 4.79 Å². The van der Waals surface area contributed by atoms with Crippen molar-refractivity contribution in [2.75, 3.05) is 11.1 Å². The van der Waals surface area contributed by atoms with E-state index in [1.54, 1.807) is 11.3 Å². The summed E-state index contributed by atoms with van der Waals surface area (Å²) in [6.45, 7) is 5.95. The Bertz CT molecular complexity index is 1150. The van der Waals surface area contributed by atoms with Gasteiger partial charge in [0.1, 0.15) is 16.2 Å². The second-order valence-electron chi connectivity index (χ2n) is 6.81. The second kappa shape index (κ2) is 8.30. The van der Waals surface area contributed by atoms with E-state index in [0.717, 1.165) is 26.4 Å². The second-order valence-corrected chi connectivity index (χ2v) is 8.63. The van der Waals surface area contributed by atoms with Gasteiger partial charge in [-0.25, -0.2) is 9.97 Å². The first-order valence-electron chi connectivity index (χ1n) is 9.06. The number of fused-ring (bicyclic) bond motifs is 1. The number of carbonyl (C=O) groups is 1. The fraction of sp³-hybridized carbons (Fsp3) is 0.250. The Morgan fingerprint density at radius 2 is 2.00 bits per heavy atom. The zero-order chi connectivity index (χ0) is 20.4. The molecule has 1 aromatic carbocycles. The van der Waals surface area contributed by atoms with E-state index in [1.165, 1.54) is 23.7 Å². The van der Waals surface area contributed by atoms with E-state index < -0.39 is 0 Å². The average Bonchev–Trinajstić information content (AvgIpc) is 3.34. The minimum absolute atomic E-state index is 0.107. The number of hydrogen-bond acceptors (Lipinski definition) is 8. The molecule has 0 aliphatic rings. The number of benzene rings is 1. The number of nitrogens with zero attached hydrogens (tertiary/aromatic N) is 4. The van der Waals surface area contributed by atoms with Crippen LogP contribution in [0.25, 0.3) is 21.3 Å². The third-order valence-corrected chi connectivity index (χ3v) is 6.09. The molecule has 0 saturated carbocycles. The molecule has 1 amide bonds. The predicted molar refractivity (Wildman–Crippen MR) is 115 cm³/mol. The van der Waals surface area contributed by atoms with E-state index in [1.807, 2.05) is 13.8 Å². The van der Waals surface area contributed by atoms with Crippen molar-refractivity contribution in [3.8, 4) is 11.1 Å². The summed E-state index contributed by atoms with van der Waals surface area (Å²) in [6.07, 6.45) is 1.53. The standard InChI is InChI=1S/C20H19N5O2S2/c1-11(2)17-24-25-20(27-17)23-15(26)9-29-19-16-14(8-28-18(16)21-10-22-19)13-6-4-12(3)5-7-13/h4-8,10-11H,9H2,1-3H3,(H,23,25,26). The van der Waals surface area contributed by atoms with Gasteiger partial charge in [0.2, 0.25) is 11.8 Å². The monoisotopic (exact) mass is 425 g/mol. The average molecular weight is 426 g/mol. The van der Waals surface area contributed by atoms with Crippen LogP contribution in [0.4, 0.5) is 6.01 Å². The fourth-order valence-electron chi connectivity index (χ4n) is 2.71. The Morgan fingerprint density at radius 1 is 1.21 bits per heavy atom. The fourth-order valence-corrected chi connectivity index (χ4v) is 4.50. The van der Waals surface area contributed by atoms with E-state index in [-0.39, 0.29) is 23.6 Å². The van der Waals surface area contributed by atoms with Gasteiger partial charge in [-0.3, -0.25) is 10.1 Å². The number of aryl methyl sites for hydroxylation is 1. The van der Waals surface area contributed by atoms with Crippen molar-refractivity contribution in [3.05, 3.63) is 47.4 Å². The summed E-state index contributed by atoms with van der Waals surface area (Å²) in [6, 6.07) is 8.46. The quantitative estimate of drug-likeness (QED) is 0.347. The van der Waals surface area contributed by atoms with Gasteiger partial charge in [0.25, 0.3) is 0 Å². The largest absolute Gasteiger partial charge is 0.408 e. The highest BCUT2D eigenvalue weighted by molar-refractivity contribution is 8.00. The third kappa shape index (κ3) is 4.30. The Hall–Kier alpha value is -2.78. The minimum Gasteiger partial charge on any atom is -0.408 e. The number of hydrogen-bond donors (Lipinski definition) is 1. The molecule has 0 spiro atoms. The van der Waals surface area contributed by atoms with Crippen molar-refractivity contribution in [2.24, 2.45) is 0 Å². The molecule has 3 aromatic heterocycles. The highest BCUT2D eigenvalue weighted by Gasteiger charge is 2.16. The van der Waals surface area contributed by atoms with Crippen molar-refractivity contribution < 1.29 is 9.21 Å². The van der Waals surface area contributed by atoms with Gasteiger partial charge in [0, 0.05) is 16.9 Å². The van der Waals surface area contributed by atoms with Gasteiger partial charge in [-0.2, -0.15) is 0 Å². The van der Waals surface area contributed by atoms with Crippen molar-refractivity contribution in [3.63, 3.8) is 0 Å². The topological polar surface area (TPSA) is 93.8 Å². The van der Waals surface area contributed by atoms with Gasteiger partial charge in [0.05, 0.1) is 11.1 Å². The van der Waals surface area contributed by atoms with Crippen molar-refractivity contribution >= 4 is 45.2 Å². The Labute approximate surface area is 176 Å². The molecule has 4 rings (SSSR count). The normalized spacial score (nSPS) is 11.3. The number of amides is 1. The Balaban J connectivity index is 1.52. The first-order chi connectivity index (χ1) is 14.0. The lowest BCUT2D eigenvalue weighted by atomic mass is 10.1. The van der Waals surface area contributed by atoms with E-state index in [0.29, 0.717) is 5.89 Å². The van der Waals surface area contributed by atoms with Crippen molar-refractivity contribution in [1.82, 2.24) is 20.2 Å². The van der Waals surface area contributed by atoms with E-state index in [9.17, 15) is 4.79 Å². The number of aromatic nitrogens is 4. The van der Waals surface area contributed by atoms with Crippen LogP contribution >= 0.6 is 23.1 Å². The maximum Gasteiger partial charge on any atom is 0.322 e. The molecule has 0 radical (unpaired) electrons. The van der Waals surface area contributed by atoms with Gasteiger partial charge < -0.3 is 4.42 Å². The van der Waals surface area contributed by atoms with Crippen LogP contribution in [0.2, 0.25) is 0 Å². The Morgan fingerprint density at radius 3 is 2.72 bits per heavy atom. The number of nitrogens with one attached hydrogen (secondary N) is 1. The van der Waals surface area contributed by atoms with Crippen LogP contribution in [-0.4, -0.2) is 31.8 Å². The molecule has 9 heteroatoms. The zero-order valence-corrected chi connectivity index (χ0v) is 17.8. The number of thiophene rings is 1. The summed E-state index contributed by atoms with van der Waals surface area (Å²) < 4.78 is 5.42. The molecule has 0 fully saturated rings. The Kier molecular flexibility index (Phi) is 5.59. The molecule has 1 N–H and O–H groups in total.